The molecule has 8 nitrogen and oxygen atoms in total. The SMILES string of the molecule is S.[C-]#[N+][C@@H]1CCCN1C(=O)[C@H](C)Cc1c[nH]c2ccc(NC(=O)Nc3ccc(C(C)=O)cc3)cc12. The average molecular weight is 492 g/mol. The van der Waals surface area contributed by atoms with Gasteiger partial charge in [0, 0.05) is 52.9 Å². The number of aromatic nitrogens is 1. The van der Waals surface area contributed by atoms with Crippen LogP contribution in [0, 0.1) is 12.5 Å². The molecule has 0 aliphatic carbocycles. The molecule has 2 atom stereocenters. The van der Waals surface area contributed by atoms with Gasteiger partial charge in [0.25, 0.3) is 0 Å². The van der Waals surface area contributed by atoms with Crippen LogP contribution in [0.5, 0.6) is 0 Å². The van der Waals surface area contributed by atoms with Crippen molar-refractivity contribution in [2.75, 3.05) is 17.2 Å². The summed E-state index contributed by atoms with van der Waals surface area (Å²) in [7, 11) is 0. The number of urea groups is 1. The Morgan fingerprint density at radius 1 is 1.14 bits per heavy atom. The van der Waals surface area contributed by atoms with Crippen LogP contribution < -0.4 is 10.6 Å². The molecule has 0 bridgehead atoms. The van der Waals surface area contributed by atoms with E-state index in [2.05, 4.69) is 20.5 Å². The summed E-state index contributed by atoms with van der Waals surface area (Å²) >= 11 is 0. The molecule has 1 aliphatic heterocycles. The van der Waals surface area contributed by atoms with E-state index in [9.17, 15) is 14.4 Å². The molecule has 0 unspecified atom stereocenters. The second-order valence-corrected chi connectivity index (χ2v) is 8.68. The summed E-state index contributed by atoms with van der Waals surface area (Å²) in [6.07, 6.45) is 3.71. The Bertz CT molecular complexity index is 1280. The number of Topliss-reactive ketones (excluding diaryl/α,β-unsaturated/α-hetero) is 1. The van der Waals surface area contributed by atoms with Crippen molar-refractivity contribution in [2.45, 2.75) is 39.3 Å². The fourth-order valence-electron chi connectivity index (χ4n) is 4.35. The number of aromatic amines is 1. The normalized spacial score (nSPS) is 15.7. The molecule has 1 fully saturated rings. The van der Waals surface area contributed by atoms with Gasteiger partial charge in [-0.25, -0.2) is 11.4 Å². The number of rotatable bonds is 6. The number of hydrogen-bond acceptors (Lipinski definition) is 3. The summed E-state index contributed by atoms with van der Waals surface area (Å²) in [6.45, 7) is 11.4. The average Bonchev–Trinajstić information content (AvgIpc) is 3.45. The molecule has 2 heterocycles. The molecule has 1 aromatic heterocycles. The smallest absolute Gasteiger partial charge is 0.323 e. The molecule has 9 heteroatoms. The molecule has 2 aromatic carbocycles. The van der Waals surface area contributed by atoms with Crippen LogP contribution in [0.4, 0.5) is 16.2 Å². The molecule has 182 valence electrons. The van der Waals surface area contributed by atoms with Crippen LogP contribution in [-0.4, -0.2) is 40.3 Å². The highest BCUT2D eigenvalue weighted by Gasteiger charge is 2.35. The third-order valence-electron chi connectivity index (χ3n) is 6.18. The second-order valence-electron chi connectivity index (χ2n) is 8.68. The predicted octanol–water partition coefficient (Wildman–Crippen LogP) is 5.17. The van der Waals surface area contributed by atoms with E-state index in [1.165, 1.54) is 6.92 Å². The summed E-state index contributed by atoms with van der Waals surface area (Å²) in [5, 5.41) is 6.53. The van der Waals surface area contributed by atoms with E-state index >= 15 is 0 Å². The third-order valence-corrected chi connectivity index (χ3v) is 6.18. The maximum atomic E-state index is 12.9. The van der Waals surface area contributed by atoms with Crippen molar-refractivity contribution in [1.29, 1.82) is 0 Å². The quantitative estimate of drug-likeness (QED) is 0.328. The molecule has 0 spiro atoms. The Balaban J connectivity index is 0.00000342. The molecule has 35 heavy (non-hydrogen) atoms. The van der Waals surface area contributed by atoms with Gasteiger partial charge in [-0.05, 0) is 67.8 Å². The summed E-state index contributed by atoms with van der Waals surface area (Å²) in [6, 6.07) is 11.9. The number of carbonyl (C=O) groups is 3. The van der Waals surface area contributed by atoms with Gasteiger partial charge in [-0.3, -0.25) is 19.3 Å². The van der Waals surface area contributed by atoms with Gasteiger partial charge in [-0.2, -0.15) is 13.5 Å². The van der Waals surface area contributed by atoms with Gasteiger partial charge < -0.3 is 15.6 Å². The number of anilines is 2. The van der Waals surface area contributed by atoms with Crippen LogP contribution in [0.1, 0.15) is 42.6 Å². The lowest BCUT2D eigenvalue weighted by Gasteiger charge is -2.20. The lowest BCUT2D eigenvalue weighted by molar-refractivity contribution is -0.135. The highest BCUT2D eigenvalue weighted by Crippen LogP contribution is 2.27. The minimum Gasteiger partial charge on any atom is -0.361 e. The number of nitrogens with zero attached hydrogens (tertiary/aromatic N) is 2. The number of nitrogens with one attached hydrogen (secondary N) is 3. The minimum absolute atomic E-state index is 0. The molecule has 3 N–H and O–H groups in total. The zero-order valence-corrected chi connectivity index (χ0v) is 20.7. The van der Waals surface area contributed by atoms with Gasteiger partial charge in [0.1, 0.15) is 0 Å². The number of fused-ring (bicyclic) bond motifs is 1. The van der Waals surface area contributed by atoms with Gasteiger partial charge in [0.15, 0.2) is 5.78 Å². The molecule has 0 radical (unpaired) electrons. The van der Waals surface area contributed by atoms with Crippen molar-refractivity contribution in [3.8, 4) is 0 Å². The monoisotopic (exact) mass is 491 g/mol. The van der Waals surface area contributed by atoms with E-state index in [1.807, 2.05) is 25.3 Å². The highest BCUT2D eigenvalue weighted by molar-refractivity contribution is 7.59. The Hall–Kier alpha value is -3.77. The largest absolute Gasteiger partial charge is 0.361 e. The standard InChI is InChI=1S/C26H27N5O3.H2S/c1-16(25(33)31-12-4-5-24(31)27-3)13-19-15-28-23-11-10-21(14-22(19)23)30-26(34)29-20-8-6-18(7-9-20)17(2)32;/h6-11,14-16,24,28H,4-5,12-13H2,1-2H3,(H2,29,30,34);1H2/t16-,24+;/m1./s1. The maximum absolute atomic E-state index is 12.9. The first-order valence-corrected chi connectivity index (χ1v) is 11.3. The number of benzene rings is 2. The summed E-state index contributed by atoms with van der Waals surface area (Å²) < 4.78 is 0. The zero-order valence-electron chi connectivity index (χ0n) is 19.7. The minimum atomic E-state index is -0.394. The number of amides is 3. The Labute approximate surface area is 211 Å². The number of likely N-dealkylation sites (tertiary alicyclic amines) is 1. The third kappa shape index (κ3) is 5.84. The maximum Gasteiger partial charge on any atom is 0.323 e. The van der Waals surface area contributed by atoms with Gasteiger partial charge >= 0.3 is 12.2 Å². The number of ketones is 1. The van der Waals surface area contributed by atoms with Crippen molar-refractivity contribution in [2.24, 2.45) is 5.92 Å². The number of carbonyl (C=O) groups excluding carboxylic acids is 3. The molecule has 3 aromatic rings. The van der Waals surface area contributed by atoms with Crippen LogP contribution in [0.2, 0.25) is 0 Å². The predicted molar refractivity (Wildman–Crippen MR) is 142 cm³/mol. The van der Waals surface area contributed by atoms with Gasteiger partial charge in [0.05, 0.1) is 0 Å². The highest BCUT2D eigenvalue weighted by atomic mass is 32.1. The van der Waals surface area contributed by atoms with E-state index in [0.29, 0.717) is 29.9 Å². The first kappa shape index (κ1) is 25.8. The number of H-pyrrole nitrogens is 1. The van der Waals surface area contributed by atoms with E-state index < -0.39 is 6.03 Å². The Morgan fingerprint density at radius 2 is 1.83 bits per heavy atom. The van der Waals surface area contributed by atoms with Crippen molar-refractivity contribution < 1.29 is 14.4 Å². The molecule has 4 rings (SSSR count). The second kappa shape index (κ2) is 11.1. The van der Waals surface area contributed by atoms with E-state index in [0.717, 1.165) is 29.3 Å². The molecule has 3 amide bonds. The van der Waals surface area contributed by atoms with Crippen LogP contribution in [-0.2, 0) is 11.2 Å². The van der Waals surface area contributed by atoms with Crippen molar-refractivity contribution in [1.82, 2.24) is 9.88 Å². The first-order chi connectivity index (χ1) is 16.4. The van der Waals surface area contributed by atoms with Crippen LogP contribution in [0.3, 0.4) is 0 Å². The summed E-state index contributed by atoms with van der Waals surface area (Å²) in [5.74, 6) is -0.272. The Kier molecular flexibility index (Phi) is 8.20. The van der Waals surface area contributed by atoms with Crippen LogP contribution in [0.15, 0.2) is 48.7 Å². The molecule has 0 saturated carbocycles. The van der Waals surface area contributed by atoms with Gasteiger partial charge in [0.2, 0.25) is 5.91 Å². The first-order valence-electron chi connectivity index (χ1n) is 11.3. The van der Waals surface area contributed by atoms with E-state index in [-0.39, 0.29) is 37.3 Å². The fourth-order valence-corrected chi connectivity index (χ4v) is 4.35. The summed E-state index contributed by atoms with van der Waals surface area (Å²) in [4.78, 5) is 45.3. The molecular formula is C26H29N5O3S. The van der Waals surface area contributed by atoms with Crippen molar-refractivity contribution in [3.05, 3.63) is 71.2 Å². The number of hydrogen-bond donors (Lipinski definition) is 3. The lowest BCUT2D eigenvalue weighted by Crippen LogP contribution is -2.38. The summed E-state index contributed by atoms with van der Waals surface area (Å²) in [5.41, 5.74) is 3.69. The Morgan fingerprint density at radius 3 is 2.51 bits per heavy atom. The van der Waals surface area contributed by atoms with Crippen molar-refractivity contribution in [3.63, 3.8) is 0 Å². The topological polar surface area (TPSA) is 98.7 Å². The lowest BCUT2D eigenvalue weighted by atomic mass is 9.99. The zero-order chi connectivity index (χ0) is 24.2. The van der Waals surface area contributed by atoms with E-state index in [4.69, 9.17) is 6.57 Å². The molecule has 1 saturated heterocycles. The fraction of sp³-hybridized carbons (Fsp3) is 0.308. The van der Waals surface area contributed by atoms with Crippen LogP contribution >= 0.6 is 13.5 Å². The molecule has 1 aliphatic rings. The van der Waals surface area contributed by atoms with Crippen molar-refractivity contribution >= 4 is 53.5 Å². The van der Waals surface area contributed by atoms with Crippen LogP contribution in [0.25, 0.3) is 15.7 Å². The van der Waals surface area contributed by atoms with Gasteiger partial charge in [-0.1, -0.05) is 6.92 Å². The van der Waals surface area contributed by atoms with E-state index in [1.54, 1.807) is 35.2 Å². The molecular weight excluding hydrogens is 462 g/mol. The van der Waals surface area contributed by atoms with Gasteiger partial charge in [-0.15, -0.1) is 0 Å².